The van der Waals surface area contributed by atoms with Crippen LogP contribution in [-0.4, -0.2) is 46.2 Å². The van der Waals surface area contributed by atoms with Crippen molar-refractivity contribution in [2.75, 3.05) is 20.3 Å². The van der Waals surface area contributed by atoms with Gasteiger partial charge in [-0.05, 0) is 17.7 Å². The summed E-state index contributed by atoms with van der Waals surface area (Å²) in [6.45, 7) is 0.677. The highest BCUT2D eigenvalue weighted by molar-refractivity contribution is 6.30. The molecule has 3 aromatic rings. The Hall–Kier alpha value is -3.23. The van der Waals surface area contributed by atoms with E-state index >= 15 is 0 Å². The maximum absolute atomic E-state index is 13.0. The monoisotopic (exact) mass is 412 g/mol. The van der Waals surface area contributed by atoms with Crippen LogP contribution >= 0.6 is 11.6 Å². The lowest BCUT2D eigenvalue weighted by molar-refractivity contribution is -0.384. The third-order valence-electron chi connectivity index (χ3n) is 4.91. The molecular weight excluding hydrogens is 396 g/mol. The van der Waals surface area contributed by atoms with Crippen LogP contribution in [0.5, 0.6) is 0 Å². The molecule has 1 unspecified atom stereocenters. The first-order valence-electron chi connectivity index (χ1n) is 8.89. The molecule has 29 heavy (non-hydrogen) atoms. The molecule has 0 saturated carbocycles. The van der Waals surface area contributed by atoms with Gasteiger partial charge in [0, 0.05) is 41.9 Å². The highest BCUT2D eigenvalue weighted by Crippen LogP contribution is 2.43. The Balaban J connectivity index is 1.87. The number of hydrogen-bond acceptors (Lipinski definition) is 5. The van der Waals surface area contributed by atoms with Crippen molar-refractivity contribution in [2.24, 2.45) is 0 Å². The van der Waals surface area contributed by atoms with E-state index in [-0.39, 0.29) is 11.6 Å². The number of carbonyl (C=O) groups is 1. The van der Waals surface area contributed by atoms with Crippen molar-refractivity contribution < 1.29 is 14.5 Å². The Morgan fingerprint density at radius 3 is 2.72 bits per heavy atom. The van der Waals surface area contributed by atoms with E-state index < -0.39 is 11.0 Å². The first-order chi connectivity index (χ1) is 14.0. The first-order valence-corrected chi connectivity index (χ1v) is 9.27. The molecule has 1 N–H and O–H groups in total. The third kappa shape index (κ3) is 3.37. The molecule has 0 radical (unpaired) electrons. The van der Waals surface area contributed by atoms with E-state index in [1.807, 2.05) is 12.1 Å². The van der Waals surface area contributed by atoms with E-state index in [1.165, 1.54) is 12.1 Å². The second-order valence-electron chi connectivity index (χ2n) is 6.61. The van der Waals surface area contributed by atoms with Crippen molar-refractivity contribution >= 4 is 23.2 Å². The van der Waals surface area contributed by atoms with Gasteiger partial charge in [0.2, 0.25) is 0 Å². The number of non-ortho nitro benzene ring substituents is 1. The predicted octanol–water partition coefficient (Wildman–Crippen LogP) is 3.83. The van der Waals surface area contributed by atoms with Crippen molar-refractivity contribution in [1.82, 2.24) is 15.1 Å². The third-order valence-corrected chi connectivity index (χ3v) is 5.17. The van der Waals surface area contributed by atoms with Crippen molar-refractivity contribution in [3.8, 4) is 11.3 Å². The summed E-state index contributed by atoms with van der Waals surface area (Å²) >= 11 is 6.00. The molecule has 0 spiro atoms. The molecule has 8 nitrogen and oxygen atoms in total. The molecule has 1 aromatic heterocycles. The largest absolute Gasteiger partial charge is 0.383 e. The molecule has 1 aliphatic rings. The zero-order valence-electron chi connectivity index (χ0n) is 15.5. The van der Waals surface area contributed by atoms with E-state index in [1.54, 1.807) is 36.3 Å². The number of methoxy groups -OCH3 is 1. The summed E-state index contributed by atoms with van der Waals surface area (Å²) in [5.41, 5.74) is 3.08. The number of ether oxygens (including phenoxy) is 1. The lowest BCUT2D eigenvalue weighted by Gasteiger charge is -2.26. The number of rotatable bonds is 6. The number of amides is 1. The predicted molar refractivity (Wildman–Crippen MR) is 107 cm³/mol. The van der Waals surface area contributed by atoms with Gasteiger partial charge in [-0.2, -0.15) is 5.10 Å². The number of H-pyrrole nitrogens is 1. The zero-order chi connectivity index (χ0) is 20.5. The van der Waals surface area contributed by atoms with Gasteiger partial charge in [0.15, 0.2) is 0 Å². The average Bonchev–Trinajstić information content (AvgIpc) is 3.26. The summed E-state index contributed by atoms with van der Waals surface area (Å²) < 4.78 is 5.16. The molecule has 1 amide bonds. The average molecular weight is 413 g/mol. The summed E-state index contributed by atoms with van der Waals surface area (Å²) in [5, 5.41) is 19.1. The molecule has 4 rings (SSSR count). The SMILES string of the molecule is COCCN1C(=O)c2[nH]nc(-c3ccc(Cl)cc3)c2C1c1cccc([N+](=O)[O-])c1. The van der Waals surface area contributed by atoms with Crippen LogP contribution in [0.1, 0.15) is 27.7 Å². The topological polar surface area (TPSA) is 101 Å². The number of halogens is 1. The van der Waals surface area contributed by atoms with E-state index in [4.69, 9.17) is 16.3 Å². The number of nitrogens with zero attached hydrogens (tertiary/aromatic N) is 3. The number of hydrogen-bond donors (Lipinski definition) is 1. The molecule has 0 bridgehead atoms. The van der Waals surface area contributed by atoms with Crippen molar-refractivity contribution in [3.05, 3.63) is 80.5 Å². The highest BCUT2D eigenvalue weighted by atomic mass is 35.5. The van der Waals surface area contributed by atoms with Crippen LogP contribution in [0.4, 0.5) is 5.69 Å². The van der Waals surface area contributed by atoms with E-state index in [0.717, 1.165) is 5.56 Å². The lowest BCUT2D eigenvalue weighted by Crippen LogP contribution is -2.32. The first kappa shape index (κ1) is 19.1. The van der Waals surface area contributed by atoms with Gasteiger partial charge in [-0.3, -0.25) is 20.0 Å². The normalized spacial score (nSPS) is 15.6. The number of nitro benzene ring substituents is 1. The van der Waals surface area contributed by atoms with Gasteiger partial charge in [-0.15, -0.1) is 0 Å². The molecule has 2 heterocycles. The number of nitrogens with one attached hydrogen (secondary N) is 1. The lowest BCUT2D eigenvalue weighted by atomic mass is 9.96. The smallest absolute Gasteiger partial charge is 0.273 e. The van der Waals surface area contributed by atoms with Crippen LogP contribution in [0.3, 0.4) is 0 Å². The summed E-state index contributed by atoms with van der Waals surface area (Å²) in [7, 11) is 1.56. The van der Waals surface area contributed by atoms with E-state index in [0.29, 0.717) is 40.7 Å². The van der Waals surface area contributed by atoms with Crippen molar-refractivity contribution in [3.63, 3.8) is 0 Å². The number of aromatic nitrogens is 2. The van der Waals surface area contributed by atoms with Gasteiger partial charge in [0.05, 0.1) is 23.3 Å². The van der Waals surface area contributed by atoms with Gasteiger partial charge in [-0.1, -0.05) is 35.9 Å². The molecule has 1 aliphatic heterocycles. The van der Waals surface area contributed by atoms with Gasteiger partial charge in [0.25, 0.3) is 11.6 Å². The van der Waals surface area contributed by atoms with Crippen LogP contribution < -0.4 is 0 Å². The second-order valence-corrected chi connectivity index (χ2v) is 7.05. The maximum Gasteiger partial charge on any atom is 0.273 e. The van der Waals surface area contributed by atoms with Gasteiger partial charge < -0.3 is 9.64 Å². The summed E-state index contributed by atoms with van der Waals surface area (Å²) in [6.07, 6.45) is 0. The second kappa shape index (κ2) is 7.65. The number of aromatic amines is 1. The molecular formula is C20H17ClN4O4. The molecule has 9 heteroatoms. The van der Waals surface area contributed by atoms with Crippen LogP contribution in [0.2, 0.25) is 5.02 Å². The molecule has 2 aromatic carbocycles. The number of fused-ring (bicyclic) bond motifs is 1. The fourth-order valence-corrected chi connectivity index (χ4v) is 3.73. The van der Waals surface area contributed by atoms with E-state index in [9.17, 15) is 14.9 Å². The van der Waals surface area contributed by atoms with Gasteiger partial charge in [-0.25, -0.2) is 0 Å². The molecule has 148 valence electrons. The standard InChI is InChI=1S/C20H17ClN4O4/c1-29-10-9-24-19(13-3-2-4-15(11-13)25(27)28)16-17(22-23-18(16)20(24)26)12-5-7-14(21)8-6-12/h2-8,11,19H,9-10H2,1H3,(H,22,23). The quantitative estimate of drug-likeness (QED) is 0.489. The molecule has 1 atom stereocenters. The minimum Gasteiger partial charge on any atom is -0.383 e. The van der Waals surface area contributed by atoms with Crippen LogP contribution in [-0.2, 0) is 4.74 Å². The summed E-state index contributed by atoms with van der Waals surface area (Å²) in [6, 6.07) is 12.9. The number of benzene rings is 2. The Kier molecular flexibility index (Phi) is 5.04. The Morgan fingerprint density at radius 2 is 2.03 bits per heavy atom. The Bertz CT molecular complexity index is 1080. The summed E-state index contributed by atoms with van der Waals surface area (Å²) in [5.74, 6) is -0.221. The van der Waals surface area contributed by atoms with Crippen LogP contribution in [0.25, 0.3) is 11.3 Å². The minimum atomic E-state index is -0.517. The molecule has 0 fully saturated rings. The van der Waals surface area contributed by atoms with Crippen molar-refractivity contribution in [1.29, 1.82) is 0 Å². The van der Waals surface area contributed by atoms with Crippen LogP contribution in [0, 0.1) is 10.1 Å². The maximum atomic E-state index is 13.0. The van der Waals surface area contributed by atoms with Gasteiger partial charge in [0.1, 0.15) is 5.69 Å². The van der Waals surface area contributed by atoms with Crippen molar-refractivity contribution in [2.45, 2.75) is 6.04 Å². The number of carbonyl (C=O) groups excluding carboxylic acids is 1. The zero-order valence-corrected chi connectivity index (χ0v) is 16.2. The Labute approximate surface area is 171 Å². The van der Waals surface area contributed by atoms with E-state index in [2.05, 4.69) is 10.2 Å². The fourth-order valence-electron chi connectivity index (χ4n) is 3.60. The molecule has 0 saturated heterocycles. The summed E-state index contributed by atoms with van der Waals surface area (Å²) in [4.78, 5) is 25.5. The van der Waals surface area contributed by atoms with Crippen LogP contribution in [0.15, 0.2) is 48.5 Å². The Morgan fingerprint density at radius 1 is 1.28 bits per heavy atom. The number of nitro groups is 1. The van der Waals surface area contributed by atoms with Gasteiger partial charge >= 0.3 is 0 Å². The fraction of sp³-hybridized carbons (Fsp3) is 0.200. The highest BCUT2D eigenvalue weighted by Gasteiger charge is 2.42. The minimum absolute atomic E-state index is 0.0355. The molecule has 0 aliphatic carbocycles.